The molecule has 1 aromatic heterocycles. The van der Waals surface area contributed by atoms with Crippen LogP contribution in [0.5, 0.6) is 5.75 Å². The second-order valence-electron chi connectivity index (χ2n) is 8.10. The van der Waals surface area contributed by atoms with Gasteiger partial charge in [-0.25, -0.2) is 0 Å². The van der Waals surface area contributed by atoms with Crippen molar-refractivity contribution < 1.29 is 18.7 Å². The van der Waals surface area contributed by atoms with Gasteiger partial charge in [-0.1, -0.05) is 36.4 Å². The SMILES string of the molecule is COCc1ccc(CN2C[C@@H]3C[C@H]2C(=O)N3c2cc(-c3ccccc3)ccc2OC)o1. The van der Waals surface area contributed by atoms with Crippen LogP contribution in [0.3, 0.4) is 0 Å². The second-order valence-corrected chi connectivity index (χ2v) is 8.10. The minimum Gasteiger partial charge on any atom is -0.495 e. The zero-order chi connectivity index (χ0) is 21.4. The van der Waals surface area contributed by atoms with E-state index in [9.17, 15) is 4.79 Å². The average molecular weight is 418 g/mol. The Balaban J connectivity index is 1.38. The van der Waals surface area contributed by atoms with E-state index >= 15 is 0 Å². The fourth-order valence-corrected chi connectivity index (χ4v) is 4.77. The summed E-state index contributed by atoms with van der Waals surface area (Å²) in [6.45, 7) is 1.90. The number of nitrogens with zero attached hydrogens (tertiary/aromatic N) is 2. The van der Waals surface area contributed by atoms with Crippen molar-refractivity contribution in [1.29, 1.82) is 0 Å². The van der Waals surface area contributed by atoms with Gasteiger partial charge in [-0.2, -0.15) is 0 Å². The Morgan fingerprint density at radius 3 is 2.55 bits per heavy atom. The van der Waals surface area contributed by atoms with E-state index in [2.05, 4.69) is 23.1 Å². The highest BCUT2D eigenvalue weighted by Crippen LogP contribution is 2.42. The zero-order valence-electron chi connectivity index (χ0n) is 17.8. The Labute approximate surface area is 182 Å². The highest BCUT2D eigenvalue weighted by atomic mass is 16.5. The van der Waals surface area contributed by atoms with Crippen LogP contribution in [0.1, 0.15) is 17.9 Å². The molecule has 0 unspecified atom stereocenters. The van der Waals surface area contributed by atoms with Crippen LogP contribution in [-0.4, -0.2) is 43.7 Å². The molecule has 5 rings (SSSR count). The minimum atomic E-state index is -0.133. The molecular weight excluding hydrogens is 392 g/mol. The summed E-state index contributed by atoms with van der Waals surface area (Å²) in [5.74, 6) is 2.52. The van der Waals surface area contributed by atoms with Crippen LogP contribution in [0.4, 0.5) is 5.69 Å². The van der Waals surface area contributed by atoms with Crippen molar-refractivity contribution in [2.24, 2.45) is 0 Å². The third kappa shape index (κ3) is 3.62. The van der Waals surface area contributed by atoms with Crippen molar-refractivity contribution in [3.63, 3.8) is 0 Å². The number of fused-ring (bicyclic) bond motifs is 2. The first kappa shape index (κ1) is 19.8. The number of methoxy groups -OCH3 is 2. The molecule has 0 saturated carbocycles. The van der Waals surface area contributed by atoms with E-state index in [0.717, 1.165) is 47.0 Å². The van der Waals surface area contributed by atoms with Gasteiger partial charge in [-0.05, 0) is 41.8 Å². The van der Waals surface area contributed by atoms with E-state index in [0.29, 0.717) is 13.2 Å². The minimum absolute atomic E-state index is 0.128. The molecule has 3 heterocycles. The van der Waals surface area contributed by atoms with Gasteiger partial charge in [0.2, 0.25) is 5.91 Å². The molecule has 0 spiro atoms. The van der Waals surface area contributed by atoms with Crippen LogP contribution in [0.15, 0.2) is 65.1 Å². The van der Waals surface area contributed by atoms with Gasteiger partial charge < -0.3 is 18.8 Å². The highest BCUT2D eigenvalue weighted by molar-refractivity contribution is 6.03. The number of rotatable bonds is 7. The molecule has 0 aliphatic carbocycles. The quantitative estimate of drug-likeness (QED) is 0.578. The number of piperazine rings is 1. The molecule has 2 atom stereocenters. The van der Waals surface area contributed by atoms with E-state index in [4.69, 9.17) is 13.9 Å². The lowest BCUT2D eigenvalue weighted by Crippen LogP contribution is -2.50. The largest absolute Gasteiger partial charge is 0.495 e. The van der Waals surface area contributed by atoms with Crippen LogP contribution in [0.25, 0.3) is 11.1 Å². The summed E-state index contributed by atoms with van der Waals surface area (Å²) >= 11 is 0. The monoisotopic (exact) mass is 418 g/mol. The molecule has 2 aromatic carbocycles. The van der Waals surface area contributed by atoms with E-state index in [-0.39, 0.29) is 18.0 Å². The predicted octanol–water partition coefficient (Wildman–Crippen LogP) is 4.09. The lowest BCUT2D eigenvalue weighted by atomic mass is 10.0. The standard InChI is InChI=1S/C25H26N2O4/c1-29-16-21-10-9-20(31-21)15-26-14-19-13-23(26)25(28)27(19)22-12-18(8-11-24(22)30-2)17-6-4-3-5-7-17/h3-12,19,23H,13-16H2,1-2H3/t19-,23-/m0/s1. The number of hydrogen-bond acceptors (Lipinski definition) is 5. The van der Waals surface area contributed by atoms with Gasteiger partial charge in [0.15, 0.2) is 0 Å². The fraction of sp³-hybridized carbons (Fsp3) is 0.320. The van der Waals surface area contributed by atoms with Gasteiger partial charge in [0.25, 0.3) is 0 Å². The molecule has 0 radical (unpaired) electrons. The van der Waals surface area contributed by atoms with Gasteiger partial charge in [-0.3, -0.25) is 9.69 Å². The lowest BCUT2D eigenvalue weighted by molar-refractivity contribution is -0.122. The first-order chi connectivity index (χ1) is 15.2. The summed E-state index contributed by atoms with van der Waals surface area (Å²) in [6, 6.07) is 20.2. The smallest absolute Gasteiger partial charge is 0.244 e. The number of likely N-dealkylation sites (tertiary alicyclic amines) is 1. The summed E-state index contributed by atoms with van der Waals surface area (Å²) in [4.78, 5) is 17.5. The molecule has 2 aliphatic rings. The van der Waals surface area contributed by atoms with Crippen molar-refractivity contribution in [2.45, 2.75) is 31.7 Å². The molecule has 1 amide bonds. The second kappa shape index (κ2) is 8.21. The highest BCUT2D eigenvalue weighted by Gasteiger charge is 2.50. The first-order valence-corrected chi connectivity index (χ1v) is 10.5. The first-order valence-electron chi connectivity index (χ1n) is 10.5. The van der Waals surface area contributed by atoms with E-state index in [1.807, 2.05) is 47.4 Å². The number of anilines is 1. The fourth-order valence-electron chi connectivity index (χ4n) is 4.77. The Morgan fingerprint density at radius 2 is 1.81 bits per heavy atom. The topological polar surface area (TPSA) is 55.2 Å². The summed E-state index contributed by atoms with van der Waals surface area (Å²) in [6.07, 6.45) is 0.823. The van der Waals surface area contributed by atoms with Gasteiger partial charge >= 0.3 is 0 Å². The number of ether oxygens (including phenoxy) is 2. The van der Waals surface area contributed by atoms with Crippen molar-refractivity contribution >= 4 is 11.6 Å². The van der Waals surface area contributed by atoms with Crippen LogP contribution < -0.4 is 9.64 Å². The Hall–Kier alpha value is -3.09. The van der Waals surface area contributed by atoms with Gasteiger partial charge in [0.1, 0.15) is 23.9 Å². The molecule has 6 heteroatoms. The van der Waals surface area contributed by atoms with E-state index < -0.39 is 0 Å². The maximum Gasteiger partial charge on any atom is 0.244 e. The molecule has 31 heavy (non-hydrogen) atoms. The maximum absolute atomic E-state index is 13.4. The number of carbonyl (C=O) groups excluding carboxylic acids is 1. The third-order valence-electron chi connectivity index (χ3n) is 6.18. The molecule has 0 N–H and O–H groups in total. The Bertz CT molecular complexity index is 1080. The number of carbonyl (C=O) groups is 1. The van der Waals surface area contributed by atoms with E-state index in [1.165, 1.54) is 0 Å². The third-order valence-corrected chi connectivity index (χ3v) is 6.18. The number of amides is 1. The van der Waals surface area contributed by atoms with Gasteiger partial charge in [0.05, 0.1) is 31.4 Å². The molecule has 6 nitrogen and oxygen atoms in total. The van der Waals surface area contributed by atoms with Gasteiger partial charge in [0, 0.05) is 13.7 Å². The summed E-state index contributed by atoms with van der Waals surface area (Å²) in [5, 5.41) is 0. The summed E-state index contributed by atoms with van der Waals surface area (Å²) in [5.41, 5.74) is 3.04. The van der Waals surface area contributed by atoms with Crippen molar-refractivity contribution in [3.8, 4) is 16.9 Å². The number of hydrogen-bond donors (Lipinski definition) is 0. The predicted molar refractivity (Wildman–Crippen MR) is 118 cm³/mol. The van der Waals surface area contributed by atoms with E-state index in [1.54, 1.807) is 14.2 Å². The van der Waals surface area contributed by atoms with Crippen LogP contribution in [0.2, 0.25) is 0 Å². The number of furan rings is 1. The van der Waals surface area contributed by atoms with Gasteiger partial charge in [-0.15, -0.1) is 0 Å². The Morgan fingerprint density at radius 1 is 1.00 bits per heavy atom. The molecule has 2 saturated heterocycles. The van der Waals surface area contributed by atoms with Crippen molar-refractivity contribution in [2.75, 3.05) is 25.7 Å². The maximum atomic E-state index is 13.4. The van der Waals surface area contributed by atoms with Crippen LogP contribution in [0, 0.1) is 0 Å². The van der Waals surface area contributed by atoms with Crippen molar-refractivity contribution in [1.82, 2.24) is 4.90 Å². The summed E-state index contributed by atoms with van der Waals surface area (Å²) in [7, 11) is 3.30. The molecule has 2 fully saturated rings. The molecular formula is C25H26N2O4. The molecule has 160 valence electrons. The van der Waals surface area contributed by atoms with Crippen LogP contribution in [-0.2, 0) is 22.7 Å². The normalized spacial score (nSPS) is 20.6. The lowest BCUT2D eigenvalue weighted by Gasteiger charge is -2.34. The van der Waals surface area contributed by atoms with Crippen LogP contribution >= 0.6 is 0 Å². The molecule has 2 bridgehead atoms. The van der Waals surface area contributed by atoms with Crippen molar-refractivity contribution in [3.05, 3.63) is 72.2 Å². The zero-order valence-corrected chi connectivity index (χ0v) is 17.8. The molecule has 3 aromatic rings. The average Bonchev–Trinajstić information content (AvgIpc) is 3.49. The molecule has 2 aliphatic heterocycles. The summed E-state index contributed by atoms with van der Waals surface area (Å²) < 4.78 is 16.6. The number of benzene rings is 2. The Kier molecular flexibility index (Phi) is 5.26.